The van der Waals surface area contributed by atoms with Crippen molar-refractivity contribution in [3.63, 3.8) is 0 Å². The predicted octanol–water partition coefficient (Wildman–Crippen LogP) is 5.02. The van der Waals surface area contributed by atoms with E-state index in [-0.39, 0.29) is 23.7 Å². The molecule has 0 radical (unpaired) electrons. The van der Waals surface area contributed by atoms with E-state index in [1.807, 2.05) is 29.3 Å². The molecule has 1 N–H and O–H groups in total. The zero-order valence-electron chi connectivity index (χ0n) is 21.2. The largest absolute Gasteiger partial charge is 0.342 e. The van der Waals surface area contributed by atoms with Crippen molar-refractivity contribution in [2.24, 2.45) is 10.1 Å². The van der Waals surface area contributed by atoms with E-state index in [2.05, 4.69) is 51.9 Å². The minimum Gasteiger partial charge on any atom is -0.342 e. The number of benzene rings is 2. The number of thioether (sulfide) groups is 1. The number of para-hydroxylation sites is 1. The van der Waals surface area contributed by atoms with Crippen molar-refractivity contribution >= 4 is 56.6 Å². The van der Waals surface area contributed by atoms with Crippen LogP contribution in [0.2, 0.25) is 0 Å². The summed E-state index contributed by atoms with van der Waals surface area (Å²) in [6, 6.07) is 16.5. The van der Waals surface area contributed by atoms with Gasteiger partial charge in [0.15, 0.2) is 5.84 Å². The molecular formula is C29H28N6O2S. The summed E-state index contributed by atoms with van der Waals surface area (Å²) < 4.78 is 2.16. The first-order valence-electron chi connectivity index (χ1n) is 12.9. The van der Waals surface area contributed by atoms with Crippen LogP contribution in [0.3, 0.4) is 0 Å². The van der Waals surface area contributed by atoms with Crippen LogP contribution in [-0.2, 0) is 16.1 Å². The van der Waals surface area contributed by atoms with Gasteiger partial charge in [-0.25, -0.2) is 0 Å². The molecule has 3 aliphatic rings. The topological polar surface area (TPSA) is 94.1 Å². The second-order valence-electron chi connectivity index (χ2n) is 9.85. The van der Waals surface area contributed by atoms with Gasteiger partial charge in [-0.05, 0) is 55.7 Å². The Bertz CT molecular complexity index is 1540. The number of nitrogens with one attached hydrogen (secondary N) is 1. The lowest BCUT2D eigenvalue weighted by Crippen LogP contribution is -2.36. The minimum atomic E-state index is -0.470. The number of hydrogen-bond acceptors (Lipinski definition) is 5. The molecule has 9 heteroatoms. The summed E-state index contributed by atoms with van der Waals surface area (Å²) in [5, 5.41) is 16.5. The summed E-state index contributed by atoms with van der Waals surface area (Å²) in [7, 11) is 0. The standard InChI is InChI=1S/C29H28N6O2S/c1-19-9-11-20(12-10-19)17-34-18-21(22-7-3-4-8-24(22)34)15-23-27(30)35-29(31-28(23)37)38-25(32-35)16-26(36)33-13-5-2-6-14-33/h3-4,7-12,15,18,30H,2,5-6,13-14,16-17H2,1H3. The Morgan fingerprint density at radius 1 is 1.08 bits per heavy atom. The second-order valence-corrected chi connectivity index (χ2v) is 10.9. The number of nitrogens with zero attached hydrogens (tertiary/aromatic N) is 5. The number of fused-ring (bicyclic) bond motifs is 2. The molecule has 8 nitrogen and oxygen atoms in total. The van der Waals surface area contributed by atoms with Crippen molar-refractivity contribution < 1.29 is 9.59 Å². The lowest BCUT2D eigenvalue weighted by Gasteiger charge is -2.26. The Balaban J connectivity index is 1.27. The fourth-order valence-corrected chi connectivity index (χ4v) is 5.93. The van der Waals surface area contributed by atoms with E-state index in [1.165, 1.54) is 27.9 Å². The number of aliphatic imine (C=N–C) groups is 1. The van der Waals surface area contributed by atoms with E-state index in [4.69, 9.17) is 5.41 Å². The van der Waals surface area contributed by atoms with Crippen LogP contribution >= 0.6 is 11.8 Å². The van der Waals surface area contributed by atoms with Gasteiger partial charge in [0, 0.05) is 42.3 Å². The first-order chi connectivity index (χ1) is 18.5. The number of amidine groups is 2. The van der Waals surface area contributed by atoms with Gasteiger partial charge in [-0.15, -0.1) is 0 Å². The third-order valence-electron chi connectivity index (χ3n) is 7.10. The third-order valence-corrected chi connectivity index (χ3v) is 8.01. The fraction of sp³-hybridized carbons (Fsp3) is 0.276. The number of aryl methyl sites for hydroxylation is 1. The molecule has 2 amide bonds. The normalized spacial score (nSPS) is 18.7. The molecule has 1 fully saturated rings. The Labute approximate surface area is 225 Å². The highest BCUT2D eigenvalue weighted by atomic mass is 32.2. The highest BCUT2D eigenvalue weighted by Crippen LogP contribution is 2.31. The van der Waals surface area contributed by atoms with Crippen LogP contribution in [0.25, 0.3) is 17.0 Å². The minimum absolute atomic E-state index is 0.0247. The molecule has 4 heterocycles. The van der Waals surface area contributed by atoms with Gasteiger partial charge < -0.3 is 9.47 Å². The van der Waals surface area contributed by atoms with Gasteiger partial charge in [0.1, 0.15) is 5.04 Å². The van der Waals surface area contributed by atoms with E-state index < -0.39 is 5.91 Å². The molecule has 3 aliphatic heterocycles. The number of carbonyl (C=O) groups excluding carboxylic acids is 2. The van der Waals surface area contributed by atoms with Gasteiger partial charge in [0.25, 0.3) is 5.91 Å². The number of aromatic nitrogens is 1. The quantitative estimate of drug-likeness (QED) is 0.474. The average molecular weight is 525 g/mol. The van der Waals surface area contributed by atoms with Crippen LogP contribution < -0.4 is 0 Å². The van der Waals surface area contributed by atoms with Crippen LogP contribution in [0.4, 0.5) is 0 Å². The maximum atomic E-state index is 13.0. The highest BCUT2D eigenvalue weighted by Gasteiger charge is 2.36. The van der Waals surface area contributed by atoms with Crippen molar-refractivity contribution in [1.29, 1.82) is 5.41 Å². The number of rotatable bonds is 5. The Morgan fingerprint density at radius 3 is 2.63 bits per heavy atom. The molecule has 38 heavy (non-hydrogen) atoms. The zero-order chi connectivity index (χ0) is 26.2. The molecular weight excluding hydrogens is 496 g/mol. The molecule has 0 spiro atoms. The number of likely N-dealkylation sites (tertiary alicyclic amines) is 1. The molecule has 2 aromatic carbocycles. The molecule has 3 aromatic rings. The second kappa shape index (κ2) is 10.1. The molecule has 1 saturated heterocycles. The summed E-state index contributed by atoms with van der Waals surface area (Å²) in [5.41, 5.74) is 4.47. The van der Waals surface area contributed by atoms with Crippen LogP contribution in [0.1, 0.15) is 42.4 Å². The number of hydrazone groups is 1. The zero-order valence-corrected chi connectivity index (χ0v) is 22.0. The van der Waals surface area contributed by atoms with Crippen molar-refractivity contribution in [3.05, 3.63) is 77.0 Å². The molecule has 0 unspecified atom stereocenters. The van der Waals surface area contributed by atoms with Crippen molar-refractivity contribution in [2.75, 3.05) is 13.1 Å². The van der Waals surface area contributed by atoms with Crippen molar-refractivity contribution in [1.82, 2.24) is 14.5 Å². The van der Waals surface area contributed by atoms with E-state index in [0.29, 0.717) is 16.8 Å². The van der Waals surface area contributed by atoms with Crippen LogP contribution in [0.15, 0.2) is 70.4 Å². The number of carbonyl (C=O) groups is 2. The van der Waals surface area contributed by atoms with Crippen molar-refractivity contribution in [3.8, 4) is 0 Å². The van der Waals surface area contributed by atoms with Gasteiger partial charge in [-0.2, -0.15) is 15.1 Å². The number of piperidine rings is 1. The lowest BCUT2D eigenvalue weighted by molar-refractivity contribution is -0.130. The van der Waals surface area contributed by atoms with Gasteiger partial charge in [0.05, 0.1) is 12.0 Å². The molecule has 6 rings (SSSR count). The molecule has 0 atom stereocenters. The SMILES string of the molecule is Cc1ccc(Cn2cc(C=C3C(=N)N4N=C(CC(=O)N5CCCCC5)SC4=NC3=O)c3ccccc32)cc1. The van der Waals surface area contributed by atoms with E-state index in [9.17, 15) is 9.59 Å². The lowest BCUT2D eigenvalue weighted by atomic mass is 10.1. The van der Waals surface area contributed by atoms with E-state index in [1.54, 1.807) is 6.08 Å². The summed E-state index contributed by atoms with van der Waals surface area (Å²) in [6.07, 6.45) is 7.12. The maximum Gasteiger partial charge on any atom is 0.283 e. The maximum absolute atomic E-state index is 13.0. The van der Waals surface area contributed by atoms with E-state index >= 15 is 0 Å². The first-order valence-corrected chi connectivity index (χ1v) is 13.7. The average Bonchev–Trinajstić information content (AvgIpc) is 3.49. The molecule has 192 valence electrons. The van der Waals surface area contributed by atoms with Gasteiger partial charge in [0.2, 0.25) is 11.1 Å². The fourth-order valence-electron chi connectivity index (χ4n) is 5.05. The Hall–Kier alpha value is -3.98. The number of amides is 2. The van der Waals surface area contributed by atoms with Crippen LogP contribution in [0, 0.1) is 12.3 Å². The Morgan fingerprint density at radius 2 is 1.84 bits per heavy atom. The molecule has 0 saturated carbocycles. The van der Waals surface area contributed by atoms with Gasteiger partial charge >= 0.3 is 0 Å². The Kier molecular flexibility index (Phi) is 6.45. The smallest absolute Gasteiger partial charge is 0.283 e. The summed E-state index contributed by atoms with van der Waals surface area (Å²) in [5.74, 6) is -0.461. The number of hydrogen-bond donors (Lipinski definition) is 1. The van der Waals surface area contributed by atoms with Gasteiger partial charge in [-0.1, -0.05) is 48.0 Å². The highest BCUT2D eigenvalue weighted by molar-refractivity contribution is 8.27. The first kappa shape index (κ1) is 24.4. The van der Waals surface area contributed by atoms with Crippen LogP contribution in [-0.4, -0.2) is 55.4 Å². The van der Waals surface area contributed by atoms with Crippen LogP contribution in [0.5, 0.6) is 0 Å². The summed E-state index contributed by atoms with van der Waals surface area (Å²) in [4.78, 5) is 31.8. The molecule has 0 aliphatic carbocycles. The summed E-state index contributed by atoms with van der Waals surface area (Å²) >= 11 is 1.20. The molecule has 1 aromatic heterocycles. The third kappa shape index (κ3) is 4.69. The molecule has 0 bridgehead atoms. The van der Waals surface area contributed by atoms with Crippen molar-refractivity contribution in [2.45, 2.75) is 39.2 Å². The predicted molar refractivity (Wildman–Crippen MR) is 152 cm³/mol. The van der Waals surface area contributed by atoms with Gasteiger partial charge in [-0.3, -0.25) is 15.0 Å². The van der Waals surface area contributed by atoms with E-state index in [0.717, 1.165) is 48.8 Å². The monoisotopic (exact) mass is 524 g/mol. The summed E-state index contributed by atoms with van der Waals surface area (Å²) in [6.45, 7) is 4.32.